The number of aryl methyl sites for hydroxylation is 1. The zero-order valence-corrected chi connectivity index (χ0v) is 19.7. The van der Waals surface area contributed by atoms with Crippen LogP contribution in [0.4, 0.5) is 0 Å². The van der Waals surface area contributed by atoms with E-state index in [1.54, 1.807) is 0 Å². The first-order valence-corrected chi connectivity index (χ1v) is 12.1. The van der Waals surface area contributed by atoms with Crippen LogP contribution in [0, 0.1) is 6.92 Å². The van der Waals surface area contributed by atoms with E-state index in [-0.39, 0.29) is 17.8 Å². The maximum absolute atomic E-state index is 13.3. The Morgan fingerprint density at radius 2 is 2.06 bits per heavy atom. The summed E-state index contributed by atoms with van der Waals surface area (Å²) >= 11 is 0. The Kier molecular flexibility index (Phi) is 5.52. The molecule has 1 aliphatic carbocycles. The van der Waals surface area contributed by atoms with Crippen molar-refractivity contribution in [2.75, 3.05) is 32.7 Å². The third-order valence-corrected chi connectivity index (χ3v) is 7.63. The molecule has 1 saturated heterocycles. The van der Waals surface area contributed by atoms with Crippen molar-refractivity contribution in [3.05, 3.63) is 64.1 Å². The first kappa shape index (κ1) is 21.8. The topological polar surface area (TPSA) is 106 Å². The number of rotatable bonds is 5. The number of piperazine rings is 1. The number of esters is 1. The maximum Gasteiger partial charge on any atom is 0.338 e. The van der Waals surface area contributed by atoms with Gasteiger partial charge in [0.1, 0.15) is 12.9 Å². The van der Waals surface area contributed by atoms with E-state index in [0.29, 0.717) is 18.0 Å². The minimum Gasteiger partial charge on any atom is -0.457 e. The fourth-order valence-corrected chi connectivity index (χ4v) is 5.49. The summed E-state index contributed by atoms with van der Waals surface area (Å²) in [4.78, 5) is 34.0. The zero-order chi connectivity index (χ0) is 23.9. The fraction of sp³-hybridized carbons (Fsp3) is 0.440. The van der Waals surface area contributed by atoms with Gasteiger partial charge in [0.15, 0.2) is 5.82 Å². The Bertz CT molecular complexity index is 1280. The average molecular weight is 474 g/mol. The van der Waals surface area contributed by atoms with Crippen LogP contribution in [-0.2, 0) is 29.0 Å². The van der Waals surface area contributed by atoms with Gasteiger partial charge in [-0.3, -0.25) is 9.69 Å². The lowest BCUT2D eigenvalue weighted by Crippen LogP contribution is -2.50. The van der Waals surface area contributed by atoms with Gasteiger partial charge in [-0.2, -0.15) is 4.68 Å². The predicted molar refractivity (Wildman–Crippen MR) is 125 cm³/mol. The summed E-state index contributed by atoms with van der Waals surface area (Å²) in [7, 11) is 0. The summed E-state index contributed by atoms with van der Waals surface area (Å²) in [6.07, 6.45) is 5.94. The molecule has 1 atom stereocenters. The van der Waals surface area contributed by atoms with Crippen LogP contribution in [0.25, 0.3) is 5.82 Å². The summed E-state index contributed by atoms with van der Waals surface area (Å²) in [5.74, 6) is 0.544. The highest BCUT2D eigenvalue weighted by atomic mass is 16.5. The van der Waals surface area contributed by atoms with E-state index in [9.17, 15) is 9.59 Å². The SMILES string of the molecule is Cc1c(CCN2CCN(C(=O)C3CCc4cc(-n5cnnn5)ncc43)CC2)ccc2c1COC2=O. The number of carbonyl (C=O) groups is 2. The molecule has 3 aliphatic rings. The number of tetrazole rings is 1. The van der Waals surface area contributed by atoms with Gasteiger partial charge in [-0.25, -0.2) is 9.78 Å². The minimum absolute atomic E-state index is 0.119. The van der Waals surface area contributed by atoms with Crippen LogP contribution in [0.1, 0.15) is 50.5 Å². The molecule has 1 amide bonds. The summed E-state index contributed by atoms with van der Waals surface area (Å²) in [5, 5.41) is 11.2. The molecule has 2 aromatic heterocycles. The van der Waals surface area contributed by atoms with Crippen LogP contribution in [0.15, 0.2) is 30.7 Å². The van der Waals surface area contributed by atoms with Gasteiger partial charge < -0.3 is 9.64 Å². The number of nitrogens with zero attached hydrogens (tertiary/aromatic N) is 7. The second-order valence-electron chi connectivity index (χ2n) is 9.46. The molecule has 180 valence electrons. The molecular formula is C25H27N7O3. The molecule has 1 fully saturated rings. The van der Waals surface area contributed by atoms with E-state index in [1.165, 1.54) is 22.1 Å². The van der Waals surface area contributed by atoms with E-state index in [1.807, 2.05) is 23.2 Å². The van der Waals surface area contributed by atoms with Crippen LogP contribution in [0.2, 0.25) is 0 Å². The van der Waals surface area contributed by atoms with Crippen LogP contribution < -0.4 is 0 Å². The van der Waals surface area contributed by atoms with Gasteiger partial charge in [0, 0.05) is 44.5 Å². The van der Waals surface area contributed by atoms with Crippen LogP contribution in [0.5, 0.6) is 0 Å². The van der Waals surface area contributed by atoms with Gasteiger partial charge in [-0.05, 0) is 71.0 Å². The summed E-state index contributed by atoms with van der Waals surface area (Å²) < 4.78 is 6.71. The Balaban J connectivity index is 1.05. The normalized spacial score (nSPS) is 19.5. The molecule has 0 bridgehead atoms. The van der Waals surface area contributed by atoms with Crippen molar-refractivity contribution in [2.45, 2.75) is 38.7 Å². The number of fused-ring (bicyclic) bond motifs is 2. The van der Waals surface area contributed by atoms with Crippen molar-refractivity contribution in [3.8, 4) is 5.82 Å². The predicted octanol–water partition coefficient (Wildman–Crippen LogP) is 1.45. The van der Waals surface area contributed by atoms with E-state index in [0.717, 1.165) is 68.7 Å². The molecular weight excluding hydrogens is 446 g/mol. The summed E-state index contributed by atoms with van der Waals surface area (Å²) in [6.45, 7) is 6.62. The Labute approximate surface area is 202 Å². The lowest BCUT2D eigenvalue weighted by molar-refractivity contribution is -0.134. The fourth-order valence-electron chi connectivity index (χ4n) is 5.49. The molecule has 0 spiro atoms. The average Bonchev–Trinajstić information content (AvgIpc) is 3.64. The van der Waals surface area contributed by atoms with E-state index in [2.05, 4.69) is 38.4 Å². The number of pyridine rings is 1. The van der Waals surface area contributed by atoms with E-state index >= 15 is 0 Å². The second-order valence-corrected chi connectivity index (χ2v) is 9.46. The highest BCUT2D eigenvalue weighted by molar-refractivity contribution is 5.94. The number of carbonyl (C=O) groups excluding carboxylic acids is 2. The third kappa shape index (κ3) is 3.97. The molecule has 0 saturated carbocycles. The number of cyclic esters (lactones) is 1. The quantitative estimate of drug-likeness (QED) is 0.513. The molecule has 35 heavy (non-hydrogen) atoms. The van der Waals surface area contributed by atoms with Crippen LogP contribution in [-0.4, -0.2) is 79.6 Å². The lowest BCUT2D eigenvalue weighted by Gasteiger charge is -2.36. The highest BCUT2D eigenvalue weighted by Crippen LogP contribution is 2.35. The first-order chi connectivity index (χ1) is 17.1. The largest absolute Gasteiger partial charge is 0.457 e. The van der Waals surface area contributed by atoms with Crippen LogP contribution in [0.3, 0.4) is 0 Å². The molecule has 6 rings (SSSR count). The Morgan fingerprint density at radius 1 is 1.20 bits per heavy atom. The van der Waals surface area contributed by atoms with Gasteiger partial charge in [-0.15, -0.1) is 5.10 Å². The smallest absolute Gasteiger partial charge is 0.338 e. The Morgan fingerprint density at radius 3 is 2.86 bits per heavy atom. The van der Waals surface area contributed by atoms with Crippen molar-refractivity contribution in [3.63, 3.8) is 0 Å². The van der Waals surface area contributed by atoms with Crippen molar-refractivity contribution < 1.29 is 14.3 Å². The monoisotopic (exact) mass is 473 g/mol. The second kappa shape index (κ2) is 8.84. The first-order valence-electron chi connectivity index (χ1n) is 12.1. The lowest BCUT2D eigenvalue weighted by atomic mass is 9.96. The molecule has 0 N–H and O–H groups in total. The molecule has 0 radical (unpaired) electrons. The number of hydrogen-bond donors (Lipinski definition) is 0. The van der Waals surface area contributed by atoms with Crippen molar-refractivity contribution in [1.82, 2.24) is 35.0 Å². The summed E-state index contributed by atoms with van der Waals surface area (Å²) in [5.41, 5.74) is 6.34. The number of aromatic nitrogens is 5. The van der Waals surface area contributed by atoms with Crippen molar-refractivity contribution >= 4 is 11.9 Å². The maximum atomic E-state index is 13.3. The molecule has 2 aliphatic heterocycles. The van der Waals surface area contributed by atoms with Gasteiger partial charge in [-0.1, -0.05) is 6.07 Å². The molecule has 1 aromatic carbocycles. The number of ether oxygens (including phenoxy) is 1. The summed E-state index contributed by atoms with van der Waals surface area (Å²) in [6, 6.07) is 5.93. The Hall–Kier alpha value is -3.66. The third-order valence-electron chi connectivity index (χ3n) is 7.63. The molecule has 10 heteroatoms. The standard InChI is InChI=1S/C25H27N7O3/c1-16-17(2-5-20-22(16)14-35-25(20)34)6-7-30-8-10-31(11-9-30)24(33)19-4-3-18-12-23(26-13-21(18)19)32-15-27-28-29-32/h2,5,12-13,15,19H,3-4,6-11,14H2,1H3. The number of hydrogen-bond acceptors (Lipinski definition) is 8. The molecule has 1 unspecified atom stereocenters. The van der Waals surface area contributed by atoms with E-state index in [4.69, 9.17) is 4.74 Å². The number of benzene rings is 1. The number of amides is 1. The van der Waals surface area contributed by atoms with Gasteiger partial charge >= 0.3 is 5.97 Å². The zero-order valence-electron chi connectivity index (χ0n) is 19.7. The van der Waals surface area contributed by atoms with E-state index < -0.39 is 0 Å². The van der Waals surface area contributed by atoms with Crippen molar-refractivity contribution in [2.24, 2.45) is 0 Å². The van der Waals surface area contributed by atoms with Crippen LogP contribution >= 0.6 is 0 Å². The molecule has 4 heterocycles. The molecule has 10 nitrogen and oxygen atoms in total. The van der Waals surface area contributed by atoms with Gasteiger partial charge in [0.25, 0.3) is 0 Å². The van der Waals surface area contributed by atoms with Crippen molar-refractivity contribution in [1.29, 1.82) is 0 Å². The van der Waals surface area contributed by atoms with Gasteiger partial charge in [0.05, 0.1) is 11.5 Å². The molecule has 3 aromatic rings. The van der Waals surface area contributed by atoms with Gasteiger partial charge in [0.2, 0.25) is 5.91 Å². The highest BCUT2D eigenvalue weighted by Gasteiger charge is 2.34. The minimum atomic E-state index is -0.218.